The summed E-state index contributed by atoms with van der Waals surface area (Å²) in [6.45, 7) is 2.96. The summed E-state index contributed by atoms with van der Waals surface area (Å²) < 4.78 is 39.8. The minimum Gasteiger partial charge on any atom is -0.322 e. The van der Waals surface area contributed by atoms with Gasteiger partial charge in [-0.2, -0.15) is 9.31 Å². The summed E-state index contributed by atoms with van der Waals surface area (Å²) in [7, 11) is -3.75. The summed E-state index contributed by atoms with van der Waals surface area (Å²) in [5.74, 6) is -0.967. The number of halogens is 1. The number of benzene rings is 1. The maximum Gasteiger partial charge on any atom is 0.344 e. The molecular weight excluding hydrogens is 453 g/mol. The fourth-order valence-electron chi connectivity index (χ4n) is 4.56. The standard InChI is InChI=1S/C21H28FN5O5S/c1-15-6-8-21(9-7-15)19(29)27(20(30)23-21)24-18(28)14-25-10-12-26(13-11-25)33(31,32)17-4-2-16(22)3-5-17/h2-5,15H,6-14H2,1H3,(H,23,30)(H,24,28). The molecule has 4 amide bonds. The van der Waals surface area contributed by atoms with Crippen LogP contribution in [-0.2, 0) is 19.6 Å². The number of amides is 4. The number of sulfonamides is 1. The normalized spacial score (nSPS) is 27.1. The fourth-order valence-corrected chi connectivity index (χ4v) is 5.98. The Hall–Kier alpha value is -2.57. The van der Waals surface area contributed by atoms with Crippen LogP contribution < -0.4 is 10.7 Å². The molecule has 0 atom stereocenters. The Labute approximate surface area is 192 Å². The predicted octanol–water partition coefficient (Wildman–Crippen LogP) is 0.664. The number of hydrogen-bond donors (Lipinski definition) is 2. The molecule has 1 saturated carbocycles. The lowest BCUT2D eigenvalue weighted by Crippen LogP contribution is -2.55. The summed E-state index contributed by atoms with van der Waals surface area (Å²) >= 11 is 0. The second kappa shape index (κ2) is 8.99. The van der Waals surface area contributed by atoms with E-state index in [9.17, 15) is 27.2 Å². The molecule has 2 saturated heterocycles. The molecule has 10 nitrogen and oxygen atoms in total. The molecule has 33 heavy (non-hydrogen) atoms. The number of hydrogen-bond acceptors (Lipinski definition) is 6. The third-order valence-corrected chi connectivity index (χ3v) is 8.59. The molecule has 1 aromatic rings. The molecule has 1 spiro atoms. The first-order valence-electron chi connectivity index (χ1n) is 11.0. The number of piperazine rings is 1. The second-order valence-corrected chi connectivity index (χ2v) is 10.9. The van der Waals surface area contributed by atoms with Crippen molar-refractivity contribution >= 4 is 27.9 Å². The summed E-state index contributed by atoms with van der Waals surface area (Å²) in [4.78, 5) is 39.5. The van der Waals surface area contributed by atoms with Gasteiger partial charge in [0.2, 0.25) is 10.0 Å². The van der Waals surface area contributed by atoms with E-state index in [-0.39, 0.29) is 24.5 Å². The van der Waals surface area contributed by atoms with E-state index in [2.05, 4.69) is 17.7 Å². The highest BCUT2D eigenvalue weighted by molar-refractivity contribution is 7.89. The van der Waals surface area contributed by atoms with E-state index in [4.69, 9.17) is 0 Å². The van der Waals surface area contributed by atoms with Crippen LogP contribution in [0, 0.1) is 11.7 Å². The highest BCUT2D eigenvalue weighted by atomic mass is 32.2. The van der Waals surface area contributed by atoms with Gasteiger partial charge in [0, 0.05) is 26.2 Å². The lowest BCUT2D eigenvalue weighted by atomic mass is 9.77. The van der Waals surface area contributed by atoms with Crippen molar-refractivity contribution in [3.8, 4) is 0 Å². The van der Waals surface area contributed by atoms with Gasteiger partial charge in [0.25, 0.3) is 11.8 Å². The van der Waals surface area contributed by atoms with E-state index >= 15 is 0 Å². The molecule has 0 radical (unpaired) electrons. The summed E-state index contributed by atoms with van der Waals surface area (Å²) in [6, 6.07) is 4.02. The first-order chi connectivity index (χ1) is 15.6. The van der Waals surface area contributed by atoms with Crippen LogP contribution in [0.5, 0.6) is 0 Å². The van der Waals surface area contributed by atoms with Crippen LogP contribution in [0.25, 0.3) is 0 Å². The van der Waals surface area contributed by atoms with Gasteiger partial charge in [0.15, 0.2) is 0 Å². The van der Waals surface area contributed by atoms with Gasteiger partial charge in [0.1, 0.15) is 11.4 Å². The van der Waals surface area contributed by atoms with E-state index in [1.165, 1.54) is 16.4 Å². The number of carbonyl (C=O) groups is 3. The first kappa shape index (κ1) is 23.6. The Morgan fingerprint density at radius 3 is 2.33 bits per heavy atom. The maximum absolute atomic E-state index is 13.1. The van der Waals surface area contributed by atoms with Crippen molar-refractivity contribution in [2.24, 2.45) is 5.92 Å². The quantitative estimate of drug-likeness (QED) is 0.597. The van der Waals surface area contributed by atoms with Crippen molar-refractivity contribution in [2.75, 3.05) is 32.7 Å². The lowest BCUT2D eigenvalue weighted by molar-refractivity contribution is -0.140. The van der Waals surface area contributed by atoms with Crippen LogP contribution in [0.4, 0.5) is 9.18 Å². The molecule has 180 valence electrons. The summed E-state index contributed by atoms with van der Waals surface area (Å²) in [5, 5.41) is 3.52. The van der Waals surface area contributed by atoms with E-state index < -0.39 is 39.2 Å². The van der Waals surface area contributed by atoms with E-state index in [1.807, 2.05) is 0 Å². The summed E-state index contributed by atoms with van der Waals surface area (Å²) in [6.07, 6.45) is 2.77. The highest BCUT2D eigenvalue weighted by Gasteiger charge is 2.53. The molecule has 4 rings (SSSR count). The van der Waals surface area contributed by atoms with Crippen LogP contribution in [0.3, 0.4) is 0 Å². The number of carbonyl (C=O) groups excluding carboxylic acids is 3. The molecule has 1 aromatic carbocycles. The van der Waals surface area contributed by atoms with Gasteiger partial charge < -0.3 is 5.32 Å². The second-order valence-electron chi connectivity index (χ2n) is 9.00. The Balaban J connectivity index is 1.29. The van der Waals surface area contributed by atoms with E-state index in [0.717, 1.165) is 30.0 Å². The predicted molar refractivity (Wildman–Crippen MR) is 115 cm³/mol. The number of nitrogens with one attached hydrogen (secondary N) is 2. The molecule has 0 unspecified atom stereocenters. The molecular formula is C21H28FN5O5S. The van der Waals surface area contributed by atoms with E-state index in [1.54, 1.807) is 4.90 Å². The smallest absolute Gasteiger partial charge is 0.322 e. The topological polar surface area (TPSA) is 119 Å². The van der Waals surface area contributed by atoms with Crippen LogP contribution in [0.15, 0.2) is 29.2 Å². The number of urea groups is 1. The Morgan fingerprint density at radius 2 is 1.73 bits per heavy atom. The van der Waals surface area contributed by atoms with Gasteiger partial charge in [-0.3, -0.25) is 19.9 Å². The number of imide groups is 1. The molecule has 3 aliphatic rings. The maximum atomic E-state index is 13.1. The average Bonchev–Trinajstić information content (AvgIpc) is 3.00. The molecule has 0 bridgehead atoms. The zero-order chi connectivity index (χ0) is 23.8. The van der Waals surface area contributed by atoms with Crippen molar-refractivity contribution in [2.45, 2.75) is 43.0 Å². The monoisotopic (exact) mass is 481 g/mol. The van der Waals surface area contributed by atoms with Crippen molar-refractivity contribution in [1.82, 2.24) is 25.0 Å². The molecule has 2 N–H and O–H groups in total. The summed E-state index contributed by atoms with van der Waals surface area (Å²) in [5.41, 5.74) is 1.47. The molecule has 3 fully saturated rings. The van der Waals surface area contributed by atoms with Crippen LogP contribution in [0.2, 0.25) is 0 Å². The van der Waals surface area contributed by atoms with Gasteiger partial charge in [-0.1, -0.05) is 6.92 Å². The molecule has 1 aliphatic carbocycles. The van der Waals surface area contributed by atoms with Crippen molar-refractivity contribution in [3.63, 3.8) is 0 Å². The zero-order valence-electron chi connectivity index (χ0n) is 18.4. The third kappa shape index (κ3) is 4.73. The van der Waals surface area contributed by atoms with Gasteiger partial charge in [-0.25, -0.2) is 17.6 Å². The van der Waals surface area contributed by atoms with E-state index in [0.29, 0.717) is 31.8 Å². The van der Waals surface area contributed by atoms with Gasteiger partial charge >= 0.3 is 6.03 Å². The average molecular weight is 482 g/mol. The fraction of sp³-hybridized carbons (Fsp3) is 0.571. The Kier molecular flexibility index (Phi) is 6.43. The van der Waals surface area contributed by atoms with Crippen molar-refractivity contribution in [3.05, 3.63) is 30.1 Å². The molecule has 2 heterocycles. The number of nitrogens with zero attached hydrogens (tertiary/aromatic N) is 3. The largest absolute Gasteiger partial charge is 0.344 e. The molecule has 2 aliphatic heterocycles. The van der Waals surface area contributed by atoms with Gasteiger partial charge in [-0.05, 0) is 55.9 Å². The Bertz CT molecular complexity index is 1030. The SMILES string of the molecule is CC1CCC2(CC1)NC(=O)N(NC(=O)CN1CCN(S(=O)(=O)c3ccc(F)cc3)CC1)C2=O. The van der Waals surface area contributed by atoms with Gasteiger partial charge in [0.05, 0.1) is 11.4 Å². The first-order valence-corrected chi connectivity index (χ1v) is 12.5. The van der Waals surface area contributed by atoms with Crippen LogP contribution >= 0.6 is 0 Å². The molecule has 0 aromatic heterocycles. The van der Waals surface area contributed by atoms with Crippen LogP contribution in [-0.4, -0.2) is 78.7 Å². The van der Waals surface area contributed by atoms with Gasteiger partial charge in [-0.15, -0.1) is 0 Å². The number of hydrazine groups is 1. The zero-order valence-corrected chi connectivity index (χ0v) is 19.2. The van der Waals surface area contributed by atoms with Crippen molar-refractivity contribution in [1.29, 1.82) is 0 Å². The van der Waals surface area contributed by atoms with Crippen LogP contribution in [0.1, 0.15) is 32.6 Å². The minimum absolute atomic E-state index is 0.0136. The highest BCUT2D eigenvalue weighted by Crippen LogP contribution is 2.35. The number of rotatable bonds is 5. The molecule has 12 heteroatoms. The van der Waals surface area contributed by atoms with Crippen molar-refractivity contribution < 1.29 is 27.2 Å². The third-order valence-electron chi connectivity index (χ3n) is 6.68. The lowest BCUT2D eigenvalue weighted by Gasteiger charge is -2.34. The Morgan fingerprint density at radius 1 is 1.12 bits per heavy atom. The minimum atomic E-state index is -3.75.